The smallest absolute Gasteiger partial charge is 0.306 e. The Bertz CT molecular complexity index is 1700. The summed E-state index contributed by atoms with van der Waals surface area (Å²) in [4.78, 5) is 27.0. The summed E-state index contributed by atoms with van der Waals surface area (Å²) in [5.41, 5.74) is 10.8. The van der Waals surface area contributed by atoms with Gasteiger partial charge in [-0.2, -0.15) is 8.42 Å². The Balaban J connectivity index is 0.000000354. The van der Waals surface area contributed by atoms with Crippen LogP contribution in [0.5, 0.6) is 0 Å². The molecule has 4 aromatic rings. The first-order valence-corrected chi connectivity index (χ1v) is 16.0. The number of benzene rings is 4. The predicted octanol–water partition coefficient (Wildman–Crippen LogP) is 5.87. The van der Waals surface area contributed by atoms with Crippen molar-refractivity contribution in [1.29, 1.82) is 5.41 Å². The van der Waals surface area contributed by atoms with Gasteiger partial charge in [-0.3, -0.25) is 19.6 Å². The number of hydrogen-bond acceptors (Lipinski definition) is 6. The fraction of sp³-hybridized carbons (Fsp3) is 0.229. The first-order chi connectivity index (χ1) is 21.5. The molecule has 1 heterocycles. The van der Waals surface area contributed by atoms with Crippen LogP contribution in [0.25, 0.3) is 11.1 Å². The van der Waals surface area contributed by atoms with Gasteiger partial charge in [0, 0.05) is 30.6 Å². The van der Waals surface area contributed by atoms with Gasteiger partial charge in [0.05, 0.1) is 4.90 Å². The number of nitrogens with zero attached hydrogens (tertiary/aromatic N) is 1. The summed E-state index contributed by atoms with van der Waals surface area (Å²) in [6, 6.07) is 30.7. The second kappa shape index (κ2) is 15.3. The molecule has 234 valence electrons. The number of hydrogen-bond donors (Lipinski definition) is 3. The predicted molar refractivity (Wildman–Crippen MR) is 173 cm³/mol. The number of nitrogens with two attached hydrogens (primary N) is 1. The lowest BCUT2D eigenvalue weighted by Gasteiger charge is -2.31. The molecule has 0 aromatic heterocycles. The molecule has 0 radical (unpaired) electrons. The zero-order valence-electron chi connectivity index (χ0n) is 25.1. The third-order valence-electron chi connectivity index (χ3n) is 7.58. The van der Waals surface area contributed by atoms with Gasteiger partial charge in [0.1, 0.15) is 12.4 Å². The van der Waals surface area contributed by atoms with E-state index in [1.54, 1.807) is 12.1 Å². The van der Waals surface area contributed by atoms with E-state index in [-0.39, 0.29) is 28.5 Å². The van der Waals surface area contributed by atoms with Gasteiger partial charge in [-0.05, 0) is 66.6 Å². The molecule has 4 N–H and O–H groups in total. The number of nitrogen functional groups attached to an aromatic ring is 1. The molecule has 10 heteroatoms. The van der Waals surface area contributed by atoms with Crippen LogP contribution < -0.4 is 5.73 Å². The largest absolute Gasteiger partial charge is 0.461 e. The maximum Gasteiger partial charge on any atom is 0.306 e. The fourth-order valence-corrected chi connectivity index (χ4v) is 5.39. The van der Waals surface area contributed by atoms with Crippen LogP contribution in [0.3, 0.4) is 0 Å². The molecule has 0 atom stereocenters. The van der Waals surface area contributed by atoms with Crippen molar-refractivity contribution in [1.82, 2.24) is 4.90 Å². The van der Waals surface area contributed by atoms with Crippen LogP contribution in [0, 0.1) is 18.3 Å². The van der Waals surface area contributed by atoms with E-state index in [4.69, 9.17) is 20.4 Å². The van der Waals surface area contributed by atoms with E-state index < -0.39 is 10.1 Å². The summed E-state index contributed by atoms with van der Waals surface area (Å²) >= 11 is 0. The molecule has 1 aliphatic heterocycles. The molecule has 0 aliphatic carbocycles. The van der Waals surface area contributed by atoms with Gasteiger partial charge in [-0.15, -0.1) is 0 Å². The minimum atomic E-state index is -4.02. The Labute approximate surface area is 263 Å². The normalized spacial score (nSPS) is 13.3. The minimum absolute atomic E-state index is 0.0172. The van der Waals surface area contributed by atoms with Gasteiger partial charge >= 0.3 is 5.97 Å². The van der Waals surface area contributed by atoms with Gasteiger partial charge < -0.3 is 15.4 Å². The molecule has 4 aromatic carbocycles. The lowest BCUT2D eigenvalue weighted by molar-refractivity contribution is -0.146. The molecule has 45 heavy (non-hydrogen) atoms. The van der Waals surface area contributed by atoms with Crippen molar-refractivity contribution in [3.63, 3.8) is 0 Å². The van der Waals surface area contributed by atoms with Crippen LogP contribution in [-0.4, -0.2) is 48.7 Å². The maximum absolute atomic E-state index is 13.0. The van der Waals surface area contributed by atoms with Gasteiger partial charge in [0.25, 0.3) is 16.0 Å². The van der Waals surface area contributed by atoms with Gasteiger partial charge in [-0.1, -0.05) is 84.4 Å². The zero-order valence-corrected chi connectivity index (χ0v) is 25.9. The highest BCUT2D eigenvalue weighted by molar-refractivity contribution is 7.85. The molecule has 9 nitrogen and oxygen atoms in total. The fourth-order valence-electron chi connectivity index (χ4n) is 4.91. The lowest BCUT2D eigenvalue weighted by atomic mass is 9.93. The third-order valence-corrected chi connectivity index (χ3v) is 8.45. The number of carbonyl (C=O) groups is 2. The highest BCUT2D eigenvalue weighted by Crippen LogP contribution is 2.24. The number of piperidine rings is 1. The number of ether oxygens (including phenoxy) is 1. The van der Waals surface area contributed by atoms with Gasteiger partial charge in [-0.25, -0.2) is 0 Å². The molecular formula is C35H37N3O6S. The molecule has 1 aliphatic rings. The Hall–Kier alpha value is -4.80. The molecule has 1 fully saturated rings. The number of nitrogens with one attached hydrogen (secondary N) is 1. The zero-order chi connectivity index (χ0) is 32.4. The summed E-state index contributed by atoms with van der Waals surface area (Å²) < 4.78 is 35.0. The van der Waals surface area contributed by atoms with Crippen molar-refractivity contribution < 1.29 is 27.3 Å². The number of likely N-dealkylation sites (tertiary alicyclic amines) is 1. The molecule has 0 bridgehead atoms. The van der Waals surface area contributed by atoms with Crippen molar-refractivity contribution in [2.75, 3.05) is 13.1 Å². The number of amides is 1. The molecule has 1 amide bonds. The molecule has 5 rings (SSSR count). The lowest BCUT2D eigenvalue weighted by Crippen LogP contribution is -2.39. The second-order valence-electron chi connectivity index (χ2n) is 10.9. The number of amidine groups is 1. The van der Waals surface area contributed by atoms with Crippen molar-refractivity contribution in [2.45, 2.75) is 37.7 Å². The van der Waals surface area contributed by atoms with Crippen LogP contribution in [0.2, 0.25) is 0 Å². The molecule has 1 saturated heterocycles. The third kappa shape index (κ3) is 9.85. The van der Waals surface area contributed by atoms with E-state index in [2.05, 4.69) is 0 Å². The van der Waals surface area contributed by atoms with Gasteiger partial charge in [0.2, 0.25) is 0 Å². The summed E-state index contributed by atoms with van der Waals surface area (Å²) in [5.74, 6) is 0.122. The summed E-state index contributed by atoms with van der Waals surface area (Å²) in [6.45, 7) is 3.43. The molecule has 0 spiro atoms. The number of aryl methyl sites for hydroxylation is 1. The quantitative estimate of drug-likeness (QED) is 0.0957. The molecule has 0 saturated carbocycles. The first kappa shape index (κ1) is 33.1. The Kier molecular flexibility index (Phi) is 11.2. The summed E-state index contributed by atoms with van der Waals surface area (Å²) in [5, 5.41) is 7.49. The summed E-state index contributed by atoms with van der Waals surface area (Å²) in [6.07, 6.45) is 1.99. The van der Waals surface area contributed by atoms with Crippen molar-refractivity contribution in [3.05, 3.63) is 125 Å². The maximum atomic E-state index is 13.0. The highest BCUT2D eigenvalue weighted by Gasteiger charge is 2.25. The van der Waals surface area contributed by atoms with E-state index >= 15 is 0 Å². The number of rotatable bonds is 8. The monoisotopic (exact) mass is 627 g/mol. The van der Waals surface area contributed by atoms with Crippen LogP contribution >= 0.6 is 0 Å². The van der Waals surface area contributed by atoms with Crippen LogP contribution in [0.15, 0.2) is 108 Å². The van der Waals surface area contributed by atoms with Gasteiger partial charge in [0.15, 0.2) is 0 Å². The SMILES string of the molecule is Cc1ccc(S(=O)(=O)O)cc1.N=C(N)c1ccc(-c2ccc(C(=O)N3CCC(CC(=O)OCc4ccccc4)CC3)cc2)cc1. The first-order valence-electron chi connectivity index (χ1n) is 14.6. The van der Waals surface area contributed by atoms with E-state index in [1.165, 1.54) is 12.1 Å². The Morgan fingerprint density at radius 1 is 0.844 bits per heavy atom. The van der Waals surface area contributed by atoms with Crippen molar-refractivity contribution >= 4 is 27.8 Å². The summed E-state index contributed by atoms with van der Waals surface area (Å²) in [7, 11) is -4.02. The standard InChI is InChI=1S/C28H29N3O3.C7H8O3S/c29-27(30)24-10-6-22(7-11-24)23-8-12-25(13-9-23)28(33)31-16-14-20(15-17-31)18-26(32)34-19-21-4-2-1-3-5-21;1-6-2-4-7(5-3-6)11(8,9)10/h1-13,20H,14-19H2,(H3,29,30);2-5H,1H3,(H,8,9,10). The molecular weight excluding hydrogens is 590 g/mol. The Morgan fingerprint density at radius 3 is 1.89 bits per heavy atom. The average molecular weight is 628 g/mol. The minimum Gasteiger partial charge on any atom is -0.461 e. The van der Waals surface area contributed by atoms with E-state index in [0.29, 0.717) is 37.2 Å². The van der Waals surface area contributed by atoms with Crippen molar-refractivity contribution in [3.8, 4) is 11.1 Å². The number of carbonyl (C=O) groups excluding carboxylic acids is 2. The highest BCUT2D eigenvalue weighted by atomic mass is 32.2. The van der Waals surface area contributed by atoms with Crippen LogP contribution in [-0.2, 0) is 26.3 Å². The number of esters is 1. The van der Waals surface area contributed by atoms with Crippen molar-refractivity contribution in [2.24, 2.45) is 11.7 Å². The van der Waals surface area contributed by atoms with E-state index in [9.17, 15) is 18.0 Å². The second-order valence-corrected chi connectivity index (χ2v) is 12.4. The molecule has 0 unspecified atom stereocenters. The van der Waals surface area contributed by atoms with E-state index in [1.807, 2.05) is 90.7 Å². The Morgan fingerprint density at radius 2 is 1.38 bits per heavy atom. The van der Waals surface area contributed by atoms with Crippen LogP contribution in [0.4, 0.5) is 0 Å². The van der Waals surface area contributed by atoms with Crippen LogP contribution in [0.1, 0.15) is 46.3 Å². The topological polar surface area (TPSA) is 151 Å². The van der Waals surface area contributed by atoms with E-state index in [0.717, 1.165) is 35.1 Å². The average Bonchev–Trinajstić information content (AvgIpc) is 3.04.